The van der Waals surface area contributed by atoms with Crippen molar-refractivity contribution in [2.24, 2.45) is 0 Å². The van der Waals surface area contributed by atoms with Crippen molar-refractivity contribution in [2.75, 3.05) is 51.3 Å². The summed E-state index contributed by atoms with van der Waals surface area (Å²) in [6, 6.07) is 11.8. The first kappa shape index (κ1) is 26.9. The summed E-state index contributed by atoms with van der Waals surface area (Å²) in [5, 5.41) is 0. The Kier molecular flexibility index (Phi) is 8.25. The molecule has 198 valence electrons. The zero-order valence-corrected chi connectivity index (χ0v) is 22.6. The predicted octanol–water partition coefficient (Wildman–Crippen LogP) is 2.79. The van der Waals surface area contributed by atoms with Crippen LogP contribution < -0.4 is 14.4 Å². The second-order valence-corrected chi connectivity index (χ2v) is 13.1. The van der Waals surface area contributed by atoms with E-state index in [4.69, 9.17) is 9.47 Å². The molecule has 1 N–H and O–H groups in total. The molecule has 1 atom stereocenters. The second-order valence-electron chi connectivity index (χ2n) is 9.44. The summed E-state index contributed by atoms with van der Waals surface area (Å²) >= 11 is 0. The van der Waals surface area contributed by atoms with Gasteiger partial charge in [0.25, 0.3) is 0 Å². The lowest BCUT2D eigenvalue weighted by molar-refractivity contribution is 0.114. The third kappa shape index (κ3) is 5.86. The van der Waals surface area contributed by atoms with Gasteiger partial charge in [-0.2, -0.15) is 4.31 Å². The number of nitrogens with one attached hydrogen (secondary N) is 1. The Hall–Kier alpha value is -2.18. The zero-order valence-electron chi connectivity index (χ0n) is 21.0. The van der Waals surface area contributed by atoms with Gasteiger partial charge in [0.15, 0.2) is 0 Å². The largest absolute Gasteiger partial charge is 0.495 e. The molecule has 2 saturated heterocycles. The van der Waals surface area contributed by atoms with E-state index in [1.54, 1.807) is 24.3 Å². The monoisotopic (exact) mass is 537 g/mol. The lowest BCUT2D eigenvalue weighted by Crippen LogP contribution is -2.48. The molecule has 0 bridgehead atoms. The van der Waals surface area contributed by atoms with Crippen molar-refractivity contribution in [1.82, 2.24) is 9.03 Å². The van der Waals surface area contributed by atoms with Gasteiger partial charge in [-0.3, -0.25) is 0 Å². The third-order valence-electron chi connectivity index (χ3n) is 6.75. The van der Waals surface area contributed by atoms with Gasteiger partial charge in [0.2, 0.25) is 20.0 Å². The standard InChI is InChI=1S/C25H35N3O6S2/c1-19(2)20-6-8-22(9-7-20)36(31,32)28-14-12-27(13-15-28)24-17-23(10-11-25(24)33-3)35(29,30)26-18-21-5-4-16-34-21/h6-11,17,19,21,26H,4-5,12-16,18H2,1-3H3. The maximum Gasteiger partial charge on any atom is 0.243 e. The molecule has 36 heavy (non-hydrogen) atoms. The smallest absolute Gasteiger partial charge is 0.243 e. The van der Waals surface area contributed by atoms with Crippen molar-refractivity contribution >= 4 is 25.7 Å². The molecule has 11 heteroatoms. The number of piperazine rings is 1. The van der Waals surface area contributed by atoms with Gasteiger partial charge >= 0.3 is 0 Å². The molecular formula is C25H35N3O6S2. The van der Waals surface area contributed by atoms with Crippen molar-refractivity contribution in [3.8, 4) is 5.75 Å². The lowest BCUT2D eigenvalue weighted by atomic mass is 10.0. The predicted molar refractivity (Wildman–Crippen MR) is 139 cm³/mol. The van der Waals surface area contributed by atoms with Crippen LogP contribution in [-0.2, 0) is 24.8 Å². The fraction of sp³-hybridized carbons (Fsp3) is 0.520. The molecule has 4 rings (SSSR count). The van der Waals surface area contributed by atoms with Crippen LogP contribution in [-0.4, -0.2) is 73.7 Å². The van der Waals surface area contributed by atoms with Crippen molar-refractivity contribution in [3.05, 3.63) is 48.0 Å². The van der Waals surface area contributed by atoms with Gasteiger partial charge in [-0.1, -0.05) is 26.0 Å². The fourth-order valence-electron chi connectivity index (χ4n) is 4.52. The molecule has 2 fully saturated rings. The van der Waals surface area contributed by atoms with Crippen LogP contribution in [0.5, 0.6) is 5.75 Å². The van der Waals surface area contributed by atoms with Crippen LogP contribution in [0.15, 0.2) is 52.3 Å². The van der Waals surface area contributed by atoms with E-state index in [0.29, 0.717) is 37.1 Å². The molecule has 9 nitrogen and oxygen atoms in total. The van der Waals surface area contributed by atoms with Crippen molar-refractivity contribution in [2.45, 2.75) is 48.5 Å². The summed E-state index contributed by atoms with van der Waals surface area (Å²) in [5.74, 6) is 0.861. The Morgan fingerprint density at radius 1 is 1.00 bits per heavy atom. The number of ether oxygens (including phenoxy) is 2. The summed E-state index contributed by atoms with van der Waals surface area (Å²) in [5.41, 5.74) is 1.71. The molecule has 1 unspecified atom stereocenters. The minimum atomic E-state index is -3.73. The number of hydrogen-bond donors (Lipinski definition) is 1. The van der Waals surface area contributed by atoms with Crippen LogP contribution in [0.1, 0.15) is 38.2 Å². The Morgan fingerprint density at radius 2 is 1.67 bits per heavy atom. The van der Waals surface area contributed by atoms with Gasteiger partial charge < -0.3 is 14.4 Å². The molecule has 2 heterocycles. The molecule has 0 saturated carbocycles. The number of anilines is 1. The molecule has 0 radical (unpaired) electrons. The lowest BCUT2D eigenvalue weighted by Gasteiger charge is -2.36. The van der Waals surface area contributed by atoms with Crippen LogP contribution in [0.25, 0.3) is 0 Å². The van der Waals surface area contributed by atoms with E-state index in [2.05, 4.69) is 18.6 Å². The van der Waals surface area contributed by atoms with Gasteiger partial charge in [0.05, 0.1) is 28.7 Å². The molecule has 0 aliphatic carbocycles. The minimum Gasteiger partial charge on any atom is -0.495 e. The SMILES string of the molecule is COc1ccc(S(=O)(=O)NCC2CCCO2)cc1N1CCN(S(=O)(=O)c2ccc(C(C)C)cc2)CC1. The molecular weight excluding hydrogens is 502 g/mol. The number of rotatable bonds is 9. The number of benzene rings is 2. The Morgan fingerprint density at radius 3 is 2.25 bits per heavy atom. The first-order chi connectivity index (χ1) is 17.1. The number of hydrogen-bond acceptors (Lipinski definition) is 7. The number of nitrogens with zero attached hydrogens (tertiary/aromatic N) is 2. The summed E-state index contributed by atoms with van der Waals surface area (Å²) < 4.78 is 67.3. The third-order valence-corrected chi connectivity index (χ3v) is 10.1. The van der Waals surface area contributed by atoms with Gasteiger partial charge in [0.1, 0.15) is 5.75 Å². The van der Waals surface area contributed by atoms with E-state index in [9.17, 15) is 16.8 Å². The van der Waals surface area contributed by atoms with E-state index in [-0.39, 0.29) is 35.5 Å². The highest BCUT2D eigenvalue weighted by molar-refractivity contribution is 7.89. The van der Waals surface area contributed by atoms with Gasteiger partial charge in [-0.15, -0.1) is 0 Å². The van der Waals surface area contributed by atoms with Crippen LogP contribution in [0.3, 0.4) is 0 Å². The van der Waals surface area contributed by atoms with Gasteiger partial charge in [0, 0.05) is 39.3 Å². The molecule has 2 aliphatic heterocycles. The van der Waals surface area contributed by atoms with Crippen LogP contribution in [0.2, 0.25) is 0 Å². The van der Waals surface area contributed by atoms with E-state index in [0.717, 1.165) is 18.4 Å². The average Bonchev–Trinajstić information content (AvgIpc) is 3.41. The molecule has 0 spiro atoms. The highest BCUT2D eigenvalue weighted by Gasteiger charge is 2.30. The first-order valence-corrected chi connectivity index (χ1v) is 15.2. The highest BCUT2D eigenvalue weighted by Crippen LogP contribution is 2.32. The fourth-order valence-corrected chi connectivity index (χ4v) is 7.03. The van der Waals surface area contributed by atoms with Crippen molar-refractivity contribution in [3.63, 3.8) is 0 Å². The Balaban J connectivity index is 1.47. The number of methoxy groups -OCH3 is 1. The second kappa shape index (κ2) is 11.1. The normalized spacial score (nSPS) is 19.7. The average molecular weight is 538 g/mol. The highest BCUT2D eigenvalue weighted by atomic mass is 32.2. The Labute approximate surface area is 214 Å². The van der Waals surface area contributed by atoms with E-state index in [1.165, 1.54) is 17.5 Å². The summed E-state index contributed by atoms with van der Waals surface area (Å²) in [4.78, 5) is 2.38. The maximum absolute atomic E-state index is 13.2. The van der Waals surface area contributed by atoms with Gasteiger partial charge in [-0.25, -0.2) is 21.6 Å². The quantitative estimate of drug-likeness (QED) is 0.524. The molecule has 0 amide bonds. The Bertz CT molecular complexity index is 1250. The first-order valence-electron chi connectivity index (χ1n) is 12.3. The summed E-state index contributed by atoms with van der Waals surface area (Å²) in [7, 11) is -5.82. The molecule has 2 aliphatic rings. The van der Waals surface area contributed by atoms with Crippen molar-refractivity contribution in [1.29, 1.82) is 0 Å². The summed E-state index contributed by atoms with van der Waals surface area (Å²) in [6.07, 6.45) is 1.67. The zero-order chi connectivity index (χ0) is 25.9. The van der Waals surface area contributed by atoms with Crippen LogP contribution in [0, 0.1) is 0 Å². The molecule has 2 aromatic rings. The van der Waals surface area contributed by atoms with Crippen LogP contribution >= 0.6 is 0 Å². The van der Waals surface area contributed by atoms with E-state index >= 15 is 0 Å². The van der Waals surface area contributed by atoms with Gasteiger partial charge in [-0.05, 0) is 54.7 Å². The van der Waals surface area contributed by atoms with E-state index < -0.39 is 20.0 Å². The van der Waals surface area contributed by atoms with Crippen LogP contribution in [0.4, 0.5) is 5.69 Å². The van der Waals surface area contributed by atoms with E-state index in [1.807, 2.05) is 17.0 Å². The molecule has 2 aromatic carbocycles. The number of sulfonamides is 2. The summed E-state index contributed by atoms with van der Waals surface area (Å²) in [6.45, 7) is 6.41. The topological polar surface area (TPSA) is 105 Å². The molecule has 0 aromatic heterocycles. The minimum absolute atomic E-state index is 0.103. The van der Waals surface area contributed by atoms with Crippen molar-refractivity contribution < 1.29 is 26.3 Å². The maximum atomic E-state index is 13.2.